The van der Waals surface area contributed by atoms with Gasteiger partial charge in [0.25, 0.3) is 5.91 Å². The topological polar surface area (TPSA) is 524 Å². The number of carbonyl (C=O) groups excluding carboxylic acids is 11. The Labute approximate surface area is 486 Å². The zero-order chi connectivity index (χ0) is 64.3. The van der Waals surface area contributed by atoms with Gasteiger partial charge in [0.1, 0.15) is 60.4 Å². The highest BCUT2D eigenvalue weighted by atomic mass is 32.2. The van der Waals surface area contributed by atoms with Crippen molar-refractivity contribution in [2.75, 3.05) is 38.3 Å². The molecule has 1 heterocycles. The molecular weight excluding hydrogens is 1140 g/mol. The molecule has 12 amide bonds. The van der Waals surface area contributed by atoms with Crippen LogP contribution >= 0.6 is 11.8 Å². The highest BCUT2D eigenvalue weighted by molar-refractivity contribution is 7.98. The van der Waals surface area contributed by atoms with Crippen LogP contribution in [-0.4, -0.2) is 239 Å². The molecule has 1 aliphatic rings. The summed E-state index contributed by atoms with van der Waals surface area (Å²) in [5, 5.41) is 88.3. The van der Waals surface area contributed by atoms with Crippen molar-refractivity contribution >= 4 is 101 Å². The zero-order valence-corrected chi connectivity index (χ0v) is 48.6. The number of rotatable bonds is 36. The Morgan fingerprint density at radius 1 is 0.560 bits per heavy atom. The molecule has 0 aromatic heterocycles. The van der Waals surface area contributed by atoms with Gasteiger partial charge in [0.15, 0.2) is 0 Å². The number of aliphatic hydroxyl groups is 3. The van der Waals surface area contributed by atoms with E-state index in [-0.39, 0.29) is 38.8 Å². The van der Waals surface area contributed by atoms with Crippen molar-refractivity contribution in [2.24, 2.45) is 11.8 Å². The summed E-state index contributed by atoms with van der Waals surface area (Å²) in [4.78, 5) is 195. The molecule has 0 radical (unpaired) electrons. The van der Waals surface area contributed by atoms with Gasteiger partial charge in [0.2, 0.25) is 53.2 Å². The Bertz CT molecular complexity index is 2360. The lowest BCUT2D eigenvalue weighted by Crippen LogP contribution is -2.63. The summed E-state index contributed by atoms with van der Waals surface area (Å²) < 4.78 is 0. The van der Waals surface area contributed by atoms with Gasteiger partial charge >= 0.3 is 29.9 Å². The first kappa shape index (κ1) is 74.1. The van der Waals surface area contributed by atoms with Crippen LogP contribution in [0.1, 0.15) is 99.8 Å². The minimum absolute atomic E-state index is 0.0193. The summed E-state index contributed by atoms with van der Waals surface area (Å²) in [5.41, 5.74) is 2.42. The molecule has 474 valence electrons. The van der Waals surface area contributed by atoms with Gasteiger partial charge < -0.3 is 88.5 Å². The summed E-state index contributed by atoms with van der Waals surface area (Å²) >= 11 is 1.29. The Morgan fingerprint density at radius 3 is 1.48 bits per heavy atom. The number of hydrazine groups is 1. The van der Waals surface area contributed by atoms with Crippen LogP contribution in [0.3, 0.4) is 0 Å². The number of carboxylic acids is 4. The van der Waals surface area contributed by atoms with Crippen LogP contribution in [0.25, 0.3) is 0 Å². The number of aliphatic hydroxyl groups excluding tert-OH is 3. The van der Waals surface area contributed by atoms with Crippen LogP contribution < -0.4 is 53.3 Å². The minimum atomic E-state index is -2.05. The SMILES string of the molecule is CCCN(NC(=O)[C@@H]1CCCN1C(=O)[C@@H](NC(=O)[C@@H](NC(=O)[C@H](CC(=O)O)NC(=O)[C@H](CCC(=O)O)NC(=O)[C@@H](NC(=O)[C@H](CC(=O)O)NC(C)=O)[C@@H](C)O)C(C)C)C(C)C)C(=O)N[C@@H](CO)C(=O)N[C@@H](CCSC)C(=O)N[C@@H](CO)C(=O)O. The quantitative estimate of drug-likeness (QED) is 0.0260. The van der Waals surface area contributed by atoms with E-state index < -0.39 is 206 Å². The van der Waals surface area contributed by atoms with Gasteiger partial charge in [0, 0.05) is 26.4 Å². The van der Waals surface area contributed by atoms with Crippen molar-refractivity contribution in [2.45, 2.75) is 166 Å². The second kappa shape index (κ2) is 36.6. The van der Waals surface area contributed by atoms with Gasteiger partial charge in [-0.15, -0.1) is 0 Å². The first-order chi connectivity index (χ1) is 39.2. The number of carbonyl (C=O) groups is 15. The number of carboxylic acid groups (broad SMARTS) is 4. The number of urea groups is 1. The minimum Gasteiger partial charge on any atom is -0.481 e. The predicted octanol–water partition coefficient (Wildman–Crippen LogP) is -5.97. The molecule has 0 aliphatic carbocycles. The van der Waals surface area contributed by atoms with Gasteiger partial charge in [-0.05, 0) is 62.9 Å². The van der Waals surface area contributed by atoms with Gasteiger partial charge in [-0.2, -0.15) is 11.8 Å². The van der Waals surface area contributed by atoms with E-state index in [1.807, 2.05) is 0 Å². The van der Waals surface area contributed by atoms with E-state index >= 15 is 0 Å². The molecule has 0 bridgehead atoms. The molecule has 17 N–H and O–H groups in total. The number of amides is 12. The predicted molar refractivity (Wildman–Crippen MR) is 291 cm³/mol. The molecule has 84 heavy (non-hydrogen) atoms. The molecule has 1 rings (SSSR count). The van der Waals surface area contributed by atoms with E-state index in [0.29, 0.717) is 5.75 Å². The third-order valence-electron chi connectivity index (χ3n) is 12.5. The fourth-order valence-corrected chi connectivity index (χ4v) is 8.54. The summed E-state index contributed by atoms with van der Waals surface area (Å²) in [6.45, 7) is 7.49. The standard InChI is InChI=1S/C49H80N12O22S/c1-9-15-61(49(83)55-30(20-62)43(76)51-27(14-17-84-8)40(73)54-31(21-63)48(81)82)59-44(77)32-11-10-16-60(32)47(80)37(23(4)5)57-45(78)36(22(2)3)56-42(75)29(19-35(70)71)53-39(72)26(12-13-33(66)67)52-46(79)38(24(6)64)58-41(74)28(18-34(68)69)50-25(7)65/h22-24,26-32,36-38,62-64H,9-21H2,1-8H3,(H,50,65)(H,51,76)(H,52,79)(H,53,72)(H,54,73)(H,55,83)(H,56,75)(H,57,78)(H,58,74)(H,59,77)(H,66,67)(H,68,69)(H,70,71)(H,81,82)/t24-,26+,27+,28+,29+,30+,31+,32+,36+,37+,38+/m1/s1. The van der Waals surface area contributed by atoms with E-state index in [1.165, 1.54) is 25.6 Å². The molecule has 0 aromatic rings. The first-order valence-electron chi connectivity index (χ1n) is 26.6. The summed E-state index contributed by atoms with van der Waals surface area (Å²) in [6, 6.07) is -17.8. The van der Waals surface area contributed by atoms with Gasteiger partial charge in [-0.25, -0.2) is 14.6 Å². The maximum absolute atomic E-state index is 14.3. The molecular formula is C49H80N12O22S. The van der Waals surface area contributed by atoms with Crippen molar-refractivity contribution in [3.63, 3.8) is 0 Å². The smallest absolute Gasteiger partial charge is 0.336 e. The highest BCUT2D eigenvalue weighted by Gasteiger charge is 2.42. The van der Waals surface area contributed by atoms with Crippen LogP contribution in [0.5, 0.6) is 0 Å². The first-order valence-corrected chi connectivity index (χ1v) is 28.0. The maximum atomic E-state index is 14.3. The van der Waals surface area contributed by atoms with Crippen molar-refractivity contribution in [1.82, 2.24) is 63.2 Å². The largest absolute Gasteiger partial charge is 0.481 e. The van der Waals surface area contributed by atoms with E-state index in [2.05, 4.69) is 53.3 Å². The molecule has 0 unspecified atom stereocenters. The van der Waals surface area contributed by atoms with Gasteiger partial charge in [-0.3, -0.25) is 67.8 Å². The Hall–Kier alpha value is -7.92. The molecule has 0 aromatic carbocycles. The second-order valence-corrected chi connectivity index (χ2v) is 21.1. The maximum Gasteiger partial charge on any atom is 0.336 e. The average molecular weight is 1220 g/mol. The van der Waals surface area contributed by atoms with E-state index in [0.717, 1.165) is 23.8 Å². The fraction of sp³-hybridized carbons (Fsp3) is 0.694. The Morgan fingerprint density at radius 2 is 1.01 bits per heavy atom. The normalized spacial score (nSPS) is 16.4. The number of aliphatic carboxylic acids is 4. The molecule has 1 saturated heterocycles. The highest BCUT2D eigenvalue weighted by Crippen LogP contribution is 2.21. The number of likely N-dealkylation sites (tertiary alicyclic amines) is 1. The van der Waals surface area contributed by atoms with Crippen LogP contribution in [0.2, 0.25) is 0 Å². The van der Waals surface area contributed by atoms with Crippen molar-refractivity contribution in [3.05, 3.63) is 0 Å². The summed E-state index contributed by atoms with van der Waals surface area (Å²) in [5.74, 6) is -18.2. The molecule has 0 spiro atoms. The molecule has 1 fully saturated rings. The van der Waals surface area contributed by atoms with E-state index in [9.17, 15) is 108 Å². The van der Waals surface area contributed by atoms with Gasteiger partial charge in [0.05, 0.1) is 32.2 Å². The number of thioether (sulfide) groups is 1. The third-order valence-corrected chi connectivity index (χ3v) is 13.2. The fourth-order valence-electron chi connectivity index (χ4n) is 8.06. The number of hydrogen-bond donors (Lipinski definition) is 17. The Kier molecular flexibility index (Phi) is 32.3. The monoisotopic (exact) mass is 1220 g/mol. The van der Waals surface area contributed by atoms with Crippen molar-refractivity contribution in [1.29, 1.82) is 0 Å². The molecule has 34 nitrogen and oxygen atoms in total. The molecule has 1 aliphatic heterocycles. The lowest BCUT2D eigenvalue weighted by atomic mass is 9.98. The average Bonchev–Trinajstić information content (AvgIpc) is 3.93. The van der Waals surface area contributed by atoms with E-state index in [4.69, 9.17) is 0 Å². The number of nitrogens with one attached hydrogen (secondary N) is 10. The molecule has 0 saturated carbocycles. The van der Waals surface area contributed by atoms with Crippen LogP contribution in [-0.2, 0) is 67.1 Å². The van der Waals surface area contributed by atoms with Crippen molar-refractivity contribution < 1.29 is 108 Å². The Balaban J connectivity index is 3.37. The van der Waals surface area contributed by atoms with Crippen LogP contribution in [0.4, 0.5) is 4.79 Å². The lowest BCUT2D eigenvalue weighted by molar-refractivity contribution is -0.144. The van der Waals surface area contributed by atoms with Crippen LogP contribution in [0, 0.1) is 11.8 Å². The van der Waals surface area contributed by atoms with Crippen LogP contribution in [0.15, 0.2) is 0 Å². The second-order valence-electron chi connectivity index (χ2n) is 20.1. The zero-order valence-electron chi connectivity index (χ0n) is 47.8. The number of nitrogens with zero attached hydrogens (tertiary/aromatic N) is 2. The summed E-state index contributed by atoms with van der Waals surface area (Å²) in [7, 11) is 0. The number of hydrogen-bond acceptors (Lipinski definition) is 19. The lowest BCUT2D eigenvalue weighted by Gasteiger charge is -2.33. The molecule has 35 heteroatoms. The van der Waals surface area contributed by atoms with Crippen molar-refractivity contribution in [3.8, 4) is 0 Å². The summed E-state index contributed by atoms with van der Waals surface area (Å²) in [6.07, 6.45) is -3.21. The van der Waals surface area contributed by atoms with Gasteiger partial charge in [-0.1, -0.05) is 34.6 Å². The van der Waals surface area contributed by atoms with E-state index in [1.54, 1.807) is 27.0 Å². The molecule has 11 atom stereocenters. The third kappa shape index (κ3) is 24.9.